The number of rotatable bonds is 2. The lowest BCUT2D eigenvalue weighted by Crippen LogP contribution is -2.36. The van der Waals surface area contributed by atoms with Gasteiger partial charge in [-0.3, -0.25) is 0 Å². The Bertz CT molecular complexity index is 362. The molecule has 6 heteroatoms. The summed E-state index contributed by atoms with van der Waals surface area (Å²) in [5.74, 6) is 7.52. The Kier molecular flexibility index (Phi) is 3.21. The van der Waals surface area contributed by atoms with Gasteiger partial charge in [0.1, 0.15) is 17.5 Å². The number of nitrogens with one attached hydrogen (secondary N) is 1. The molecule has 0 atom stereocenters. The highest BCUT2D eigenvalue weighted by Gasteiger charge is 2.18. The van der Waals surface area contributed by atoms with Gasteiger partial charge in [0, 0.05) is 19.2 Å². The fourth-order valence-corrected chi connectivity index (χ4v) is 1.88. The average molecular weight is 223 g/mol. The standard InChI is InChI=1S/C10H17N5O/c1-7-12-9(14-11)6-10(13-7)15-4-2-8(16)3-5-15/h6,8,16H,2-5,11H2,1H3,(H,12,13,14). The minimum Gasteiger partial charge on any atom is -0.393 e. The zero-order chi connectivity index (χ0) is 11.5. The van der Waals surface area contributed by atoms with Crippen LogP contribution in [0.3, 0.4) is 0 Å². The molecule has 1 aromatic rings. The van der Waals surface area contributed by atoms with Gasteiger partial charge in [0.2, 0.25) is 0 Å². The number of hydrogen-bond acceptors (Lipinski definition) is 6. The lowest BCUT2D eigenvalue weighted by Gasteiger charge is -2.30. The zero-order valence-electron chi connectivity index (χ0n) is 9.35. The van der Waals surface area contributed by atoms with Gasteiger partial charge in [-0.25, -0.2) is 15.8 Å². The smallest absolute Gasteiger partial charge is 0.145 e. The van der Waals surface area contributed by atoms with Crippen LogP contribution in [0.2, 0.25) is 0 Å². The largest absolute Gasteiger partial charge is 0.393 e. The molecule has 0 amide bonds. The van der Waals surface area contributed by atoms with Crippen LogP contribution in [0.5, 0.6) is 0 Å². The van der Waals surface area contributed by atoms with Crippen molar-refractivity contribution < 1.29 is 5.11 Å². The van der Waals surface area contributed by atoms with E-state index < -0.39 is 0 Å². The van der Waals surface area contributed by atoms with Crippen molar-refractivity contribution >= 4 is 11.6 Å². The summed E-state index contributed by atoms with van der Waals surface area (Å²) in [6.45, 7) is 3.48. The molecule has 0 unspecified atom stereocenters. The second-order valence-corrected chi connectivity index (χ2v) is 4.02. The molecule has 0 radical (unpaired) electrons. The van der Waals surface area contributed by atoms with E-state index in [1.54, 1.807) is 0 Å². The van der Waals surface area contributed by atoms with Crippen molar-refractivity contribution in [3.05, 3.63) is 11.9 Å². The molecule has 4 N–H and O–H groups in total. The Labute approximate surface area is 94.5 Å². The fourth-order valence-electron chi connectivity index (χ4n) is 1.88. The first-order valence-electron chi connectivity index (χ1n) is 5.44. The average Bonchev–Trinajstić information content (AvgIpc) is 2.29. The highest BCUT2D eigenvalue weighted by Crippen LogP contribution is 2.20. The van der Waals surface area contributed by atoms with Crippen LogP contribution in [0.1, 0.15) is 18.7 Å². The number of nitrogens with two attached hydrogens (primary N) is 1. The van der Waals surface area contributed by atoms with Crippen LogP contribution in [-0.2, 0) is 0 Å². The summed E-state index contributed by atoms with van der Waals surface area (Å²) in [7, 11) is 0. The summed E-state index contributed by atoms with van der Waals surface area (Å²) in [6.07, 6.45) is 1.40. The predicted molar refractivity (Wildman–Crippen MR) is 62.0 cm³/mol. The number of aliphatic hydroxyl groups excluding tert-OH is 1. The van der Waals surface area contributed by atoms with Crippen LogP contribution < -0.4 is 16.2 Å². The first-order chi connectivity index (χ1) is 7.69. The van der Waals surface area contributed by atoms with Gasteiger partial charge in [-0.2, -0.15) is 0 Å². The maximum Gasteiger partial charge on any atom is 0.145 e. The molecule has 1 saturated heterocycles. The van der Waals surface area contributed by atoms with Gasteiger partial charge in [-0.15, -0.1) is 0 Å². The molecule has 0 bridgehead atoms. The summed E-state index contributed by atoms with van der Waals surface area (Å²) in [5.41, 5.74) is 2.53. The second kappa shape index (κ2) is 4.63. The van der Waals surface area contributed by atoms with Crippen LogP contribution in [0.4, 0.5) is 11.6 Å². The Balaban J connectivity index is 2.16. The number of nitrogen functional groups attached to an aromatic ring is 1. The quantitative estimate of drug-likeness (QED) is 0.484. The molecule has 1 aliphatic rings. The first-order valence-corrected chi connectivity index (χ1v) is 5.44. The van der Waals surface area contributed by atoms with Crippen LogP contribution in [0, 0.1) is 6.92 Å². The second-order valence-electron chi connectivity index (χ2n) is 4.02. The van der Waals surface area contributed by atoms with Crippen LogP contribution >= 0.6 is 0 Å². The van der Waals surface area contributed by atoms with Gasteiger partial charge in [0.15, 0.2) is 0 Å². The Morgan fingerprint density at radius 2 is 2.12 bits per heavy atom. The van der Waals surface area contributed by atoms with Crippen molar-refractivity contribution in [2.75, 3.05) is 23.4 Å². The summed E-state index contributed by atoms with van der Waals surface area (Å²) in [6, 6.07) is 1.82. The minimum absolute atomic E-state index is 0.175. The maximum absolute atomic E-state index is 9.44. The third kappa shape index (κ3) is 2.40. The van der Waals surface area contributed by atoms with Crippen molar-refractivity contribution in [1.82, 2.24) is 9.97 Å². The third-order valence-electron chi connectivity index (χ3n) is 2.76. The topological polar surface area (TPSA) is 87.3 Å². The van der Waals surface area contributed by atoms with Gasteiger partial charge in [-0.1, -0.05) is 0 Å². The van der Waals surface area contributed by atoms with E-state index in [0.29, 0.717) is 11.6 Å². The van der Waals surface area contributed by atoms with E-state index in [4.69, 9.17) is 5.84 Å². The van der Waals surface area contributed by atoms with Gasteiger partial charge in [0.05, 0.1) is 6.10 Å². The molecule has 1 fully saturated rings. The Morgan fingerprint density at radius 3 is 2.75 bits per heavy atom. The van der Waals surface area contributed by atoms with Crippen molar-refractivity contribution in [2.24, 2.45) is 5.84 Å². The van der Waals surface area contributed by atoms with Gasteiger partial charge >= 0.3 is 0 Å². The summed E-state index contributed by atoms with van der Waals surface area (Å²) < 4.78 is 0. The van der Waals surface area contributed by atoms with E-state index in [1.807, 2.05) is 13.0 Å². The van der Waals surface area contributed by atoms with Crippen molar-refractivity contribution in [1.29, 1.82) is 0 Å². The Morgan fingerprint density at radius 1 is 1.44 bits per heavy atom. The SMILES string of the molecule is Cc1nc(NN)cc(N2CCC(O)CC2)n1. The fraction of sp³-hybridized carbons (Fsp3) is 0.600. The van der Waals surface area contributed by atoms with Crippen molar-refractivity contribution in [3.63, 3.8) is 0 Å². The lowest BCUT2D eigenvalue weighted by atomic mass is 10.1. The number of aromatic nitrogens is 2. The molecule has 0 saturated carbocycles. The number of aliphatic hydroxyl groups is 1. The molecule has 2 heterocycles. The molecule has 0 aliphatic carbocycles. The molecule has 0 aromatic carbocycles. The molecule has 0 spiro atoms. The third-order valence-corrected chi connectivity index (χ3v) is 2.76. The predicted octanol–water partition coefficient (Wildman–Crippen LogP) is 0.0317. The lowest BCUT2D eigenvalue weighted by molar-refractivity contribution is 0.145. The molecule has 88 valence electrons. The molecular weight excluding hydrogens is 206 g/mol. The number of hydrogen-bond donors (Lipinski definition) is 3. The first kappa shape index (κ1) is 11.1. The molecule has 1 aliphatic heterocycles. The highest BCUT2D eigenvalue weighted by atomic mass is 16.3. The molecule has 6 nitrogen and oxygen atoms in total. The number of piperidine rings is 1. The van der Waals surface area contributed by atoms with E-state index >= 15 is 0 Å². The van der Waals surface area contributed by atoms with Crippen LogP contribution in [-0.4, -0.2) is 34.3 Å². The summed E-state index contributed by atoms with van der Waals surface area (Å²) in [4.78, 5) is 10.6. The van der Waals surface area contributed by atoms with Crippen LogP contribution in [0.15, 0.2) is 6.07 Å². The number of hydrazine groups is 1. The molecule has 1 aromatic heterocycles. The molecular formula is C10H17N5O. The van der Waals surface area contributed by atoms with Crippen molar-refractivity contribution in [3.8, 4) is 0 Å². The minimum atomic E-state index is -0.175. The zero-order valence-corrected chi connectivity index (χ0v) is 9.35. The highest BCUT2D eigenvalue weighted by molar-refractivity contribution is 5.49. The van der Waals surface area contributed by atoms with Gasteiger partial charge in [-0.05, 0) is 19.8 Å². The van der Waals surface area contributed by atoms with E-state index in [0.717, 1.165) is 31.7 Å². The molecule has 16 heavy (non-hydrogen) atoms. The Hall–Kier alpha value is -1.40. The number of aryl methyl sites for hydroxylation is 1. The monoisotopic (exact) mass is 223 g/mol. The van der Waals surface area contributed by atoms with E-state index in [9.17, 15) is 5.11 Å². The van der Waals surface area contributed by atoms with E-state index in [-0.39, 0.29) is 6.10 Å². The van der Waals surface area contributed by atoms with E-state index in [1.165, 1.54) is 0 Å². The van der Waals surface area contributed by atoms with E-state index in [2.05, 4.69) is 20.3 Å². The summed E-state index contributed by atoms with van der Waals surface area (Å²) >= 11 is 0. The van der Waals surface area contributed by atoms with Crippen LogP contribution in [0.25, 0.3) is 0 Å². The normalized spacial score (nSPS) is 17.6. The van der Waals surface area contributed by atoms with Gasteiger partial charge in [0.25, 0.3) is 0 Å². The number of anilines is 2. The summed E-state index contributed by atoms with van der Waals surface area (Å²) in [5, 5.41) is 9.44. The van der Waals surface area contributed by atoms with Crippen molar-refractivity contribution in [2.45, 2.75) is 25.9 Å². The van der Waals surface area contributed by atoms with Gasteiger partial charge < -0.3 is 15.4 Å². The maximum atomic E-state index is 9.44. The molecule has 2 rings (SSSR count). The number of nitrogens with zero attached hydrogens (tertiary/aromatic N) is 3.